The summed E-state index contributed by atoms with van der Waals surface area (Å²) in [4.78, 5) is 23.9. The number of amides is 2. The predicted molar refractivity (Wildman–Crippen MR) is 109 cm³/mol. The number of hydrazone groups is 1. The van der Waals surface area contributed by atoms with Gasteiger partial charge in [0, 0.05) is 16.4 Å². The van der Waals surface area contributed by atoms with Gasteiger partial charge in [-0.05, 0) is 61.9 Å². The number of anilines is 1. The van der Waals surface area contributed by atoms with Gasteiger partial charge in [-0.1, -0.05) is 11.6 Å². The van der Waals surface area contributed by atoms with Crippen LogP contribution in [-0.2, 0) is 9.59 Å². The molecule has 0 aliphatic heterocycles. The average molecular weight is 404 g/mol. The Labute approximate surface area is 168 Å². The monoisotopic (exact) mass is 403 g/mol. The molecule has 0 saturated carbocycles. The van der Waals surface area contributed by atoms with Crippen LogP contribution in [0.3, 0.4) is 0 Å². The van der Waals surface area contributed by atoms with E-state index in [0.29, 0.717) is 27.9 Å². The van der Waals surface area contributed by atoms with E-state index in [4.69, 9.17) is 21.1 Å². The van der Waals surface area contributed by atoms with Crippen LogP contribution in [0.2, 0.25) is 5.02 Å². The van der Waals surface area contributed by atoms with Gasteiger partial charge in [0.2, 0.25) is 5.91 Å². The van der Waals surface area contributed by atoms with Crippen LogP contribution in [0, 0.1) is 6.92 Å². The van der Waals surface area contributed by atoms with Gasteiger partial charge in [-0.15, -0.1) is 0 Å². The summed E-state index contributed by atoms with van der Waals surface area (Å²) in [6, 6.07) is 12.1. The number of nitrogens with one attached hydrogen (secondary N) is 2. The quantitative estimate of drug-likeness (QED) is 0.521. The average Bonchev–Trinajstić information content (AvgIpc) is 2.67. The van der Waals surface area contributed by atoms with Gasteiger partial charge in [0.25, 0.3) is 5.91 Å². The Kier molecular flexibility index (Phi) is 7.83. The third-order valence-electron chi connectivity index (χ3n) is 3.68. The van der Waals surface area contributed by atoms with E-state index in [2.05, 4.69) is 15.8 Å². The number of hydrogen-bond acceptors (Lipinski definition) is 5. The SMILES string of the molecule is COc1ccc(OCC(=O)NN=C(C)CC(=O)Nc2ccc(Cl)cc2C)cc1. The first kappa shape index (κ1) is 21.2. The fourth-order valence-electron chi connectivity index (χ4n) is 2.24. The summed E-state index contributed by atoms with van der Waals surface area (Å²) in [7, 11) is 1.57. The molecule has 0 bridgehead atoms. The Morgan fingerprint density at radius 1 is 1.07 bits per heavy atom. The van der Waals surface area contributed by atoms with Crippen LogP contribution in [0.5, 0.6) is 11.5 Å². The van der Waals surface area contributed by atoms with E-state index in [1.54, 1.807) is 56.5 Å². The minimum Gasteiger partial charge on any atom is -0.497 e. The minimum absolute atomic E-state index is 0.0433. The number of carbonyl (C=O) groups is 2. The molecule has 0 heterocycles. The summed E-state index contributed by atoms with van der Waals surface area (Å²) in [6.07, 6.45) is 0.0433. The second-order valence-corrected chi connectivity index (χ2v) is 6.47. The Balaban J connectivity index is 1.77. The highest BCUT2D eigenvalue weighted by Gasteiger charge is 2.08. The molecule has 2 amide bonds. The van der Waals surface area contributed by atoms with Crippen molar-refractivity contribution < 1.29 is 19.1 Å². The normalized spacial score (nSPS) is 10.9. The van der Waals surface area contributed by atoms with E-state index in [1.807, 2.05) is 6.92 Å². The van der Waals surface area contributed by atoms with Crippen molar-refractivity contribution in [3.05, 3.63) is 53.1 Å². The zero-order valence-electron chi connectivity index (χ0n) is 15.9. The summed E-state index contributed by atoms with van der Waals surface area (Å²) in [5.74, 6) is 0.568. The number of nitrogens with zero attached hydrogens (tertiary/aromatic N) is 1. The Bertz CT molecular complexity index is 866. The van der Waals surface area contributed by atoms with Crippen LogP contribution in [-0.4, -0.2) is 31.2 Å². The highest BCUT2D eigenvalue weighted by Crippen LogP contribution is 2.19. The van der Waals surface area contributed by atoms with Crippen molar-refractivity contribution in [3.8, 4) is 11.5 Å². The van der Waals surface area contributed by atoms with Gasteiger partial charge < -0.3 is 14.8 Å². The summed E-state index contributed by atoms with van der Waals surface area (Å²) >= 11 is 5.90. The lowest BCUT2D eigenvalue weighted by Crippen LogP contribution is -2.26. The highest BCUT2D eigenvalue weighted by atomic mass is 35.5. The molecule has 0 fully saturated rings. The second-order valence-electron chi connectivity index (χ2n) is 6.03. The van der Waals surface area contributed by atoms with E-state index >= 15 is 0 Å². The Morgan fingerprint density at radius 2 is 1.75 bits per heavy atom. The maximum atomic E-state index is 12.1. The second kappa shape index (κ2) is 10.3. The molecule has 2 N–H and O–H groups in total. The summed E-state index contributed by atoms with van der Waals surface area (Å²) < 4.78 is 10.4. The standard InChI is InChI=1S/C20H22ClN3O4/c1-13-10-15(21)4-9-18(13)22-19(25)11-14(2)23-24-20(26)12-28-17-7-5-16(27-3)6-8-17/h4-10H,11-12H2,1-3H3,(H,22,25)(H,24,26). The van der Waals surface area contributed by atoms with Crippen molar-refractivity contribution in [2.24, 2.45) is 5.10 Å². The van der Waals surface area contributed by atoms with Crippen molar-refractivity contribution in [3.63, 3.8) is 0 Å². The van der Waals surface area contributed by atoms with Crippen LogP contribution in [0.25, 0.3) is 0 Å². The van der Waals surface area contributed by atoms with Gasteiger partial charge >= 0.3 is 0 Å². The molecule has 28 heavy (non-hydrogen) atoms. The number of ether oxygens (including phenoxy) is 2. The molecule has 0 aliphatic carbocycles. The van der Waals surface area contributed by atoms with Crippen LogP contribution < -0.4 is 20.2 Å². The fraction of sp³-hybridized carbons (Fsp3) is 0.250. The van der Waals surface area contributed by atoms with Crippen molar-refractivity contribution in [2.45, 2.75) is 20.3 Å². The van der Waals surface area contributed by atoms with Gasteiger partial charge in [-0.3, -0.25) is 9.59 Å². The zero-order chi connectivity index (χ0) is 20.5. The molecule has 2 aromatic carbocycles. The van der Waals surface area contributed by atoms with Crippen LogP contribution in [0.4, 0.5) is 5.69 Å². The van der Waals surface area contributed by atoms with Gasteiger partial charge in [-0.25, -0.2) is 5.43 Å². The Hall–Kier alpha value is -3.06. The van der Waals surface area contributed by atoms with E-state index in [1.165, 1.54) is 0 Å². The summed E-state index contributed by atoms with van der Waals surface area (Å²) in [5, 5.41) is 7.31. The molecule has 0 saturated heterocycles. The number of halogens is 1. The lowest BCUT2D eigenvalue weighted by Gasteiger charge is -2.09. The lowest BCUT2D eigenvalue weighted by molar-refractivity contribution is -0.123. The molecule has 0 aliphatic rings. The van der Waals surface area contributed by atoms with Crippen LogP contribution in [0.1, 0.15) is 18.9 Å². The van der Waals surface area contributed by atoms with Gasteiger partial charge in [0.05, 0.1) is 13.5 Å². The molecule has 0 radical (unpaired) electrons. The van der Waals surface area contributed by atoms with E-state index < -0.39 is 5.91 Å². The number of aryl methyl sites for hydroxylation is 1. The molecule has 0 atom stereocenters. The molecule has 2 aromatic rings. The molecule has 0 unspecified atom stereocenters. The van der Waals surface area contributed by atoms with Gasteiger partial charge in [-0.2, -0.15) is 5.10 Å². The van der Waals surface area contributed by atoms with E-state index in [9.17, 15) is 9.59 Å². The first-order valence-corrected chi connectivity index (χ1v) is 8.90. The van der Waals surface area contributed by atoms with Crippen molar-refractivity contribution in [1.29, 1.82) is 0 Å². The smallest absolute Gasteiger partial charge is 0.277 e. The fourth-order valence-corrected chi connectivity index (χ4v) is 2.47. The zero-order valence-corrected chi connectivity index (χ0v) is 16.7. The molecule has 2 rings (SSSR count). The Morgan fingerprint density at radius 3 is 2.39 bits per heavy atom. The van der Waals surface area contributed by atoms with Crippen LogP contribution in [0.15, 0.2) is 47.6 Å². The third kappa shape index (κ3) is 6.92. The number of methoxy groups -OCH3 is 1. The van der Waals surface area contributed by atoms with Crippen LogP contribution >= 0.6 is 11.6 Å². The van der Waals surface area contributed by atoms with E-state index in [-0.39, 0.29) is 18.9 Å². The number of rotatable bonds is 8. The highest BCUT2D eigenvalue weighted by molar-refractivity contribution is 6.30. The van der Waals surface area contributed by atoms with Crippen molar-refractivity contribution >= 4 is 34.8 Å². The molecule has 0 spiro atoms. The molecular weight excluding hydrogens is 382 g/mol. The maximum Gasteiger partial charge on any atom is 0.277 e. The first-order chi connectivity index (χ1) is 13.4. The maximum absolute atomic E-state index is 12.1. The molecular formula is C20H22ClN3O4. The largest absolute Gasteiger partial charge is 0.497 e. The van der Waals surface area contributed by atoms with Crippen molar-refractivity contribution in [1.82, 2.24) is 5.43 Å². The summed E-state index contributed by atoms with van der Waals surface area (Å²) in [6.45, 7) is 3.31. The number of benzene rings is 2. The van der Waals surface area contributed by atoms with Gasteiger partial charge in [0.1, 0.15) is 11.5 Å². The van der Waals surface area contributed by atoms with E-state index in [0.717, 1.165) is 5.56 Å². The molecule has 8 heteroatoms. The summed E-state index contributed by atoms with van der Waals surface area (Å²) in [5.41, 5.74) is 4.37. The molecule has 0 aromatic heterocycles. The lowest BCUT2D eigenvalue weighted by atomic mass is 10.2. The third-order valence-corrected chi connectivity index (χ3v) is 3.91. The molecule has 7 nitrogen and oxygen atoms in total. The first-order valence-electron chi connectivity index (χ1n) is 8.52. The number of carbonyl (C=O) groups excluding carboxylic acids is 2. The predicted octanol–water partition coefficient (Wildman–Crippen LogP) is 3.56. The van der Waals surface area contributed by atoms with Gasteiger partial charge in [0.15, 0.2) is 6.61 Å². The number of hydrogen-bond donors (Lipinski definition) is 2. The minimum atomic E-state index is -0.427. The topological polar surface area (TPSA) is 89.0 Å². The molecule has 148 valence electrons. The van der Waals surface area contributed by atoms with Crippen molar-refractivity contribution in [2.75, 3.05) is 19.0 Å².